The lowest BCUT2D eigenvalue weighted by atomic mass is 10.3. The van der Waals surface area contributed by atoms with Gasteiger partial charge in [-0.1, -0.05) is 13.8 Å². The number of thiophene rings is 1. The minimum absolute atomic E-state index is 0.420. The topological polar surface area (TPSA) is 35.6 Å². The molecule has 0 aliphatic heterocycles. The SMILES string of the molecule is CCc1ccc(Cn2c(CCl)nc3c(CC)nn(C)c32)s1. The quantitative estimate of drug-likeness (QED) is 0.671. The van der Waals surface area contributed by atoms with E-state index >= 15 is 0 Å². The molecule has 0 amide bonds. The van der Waals surface area contributed by atoms with Crippen molar-refractivity contribution in [3.05, 3.63) is 33.4 Å². The van der Waals surface area contributed by atoms with Gasteiger partial charge in [0.15, 0.2) is 5.65 Å². The molecule has 0 saturated carbocycles. The van der Waals surface area contributed by atoms with E-state index in [2.05, 4.69) is 35.6 Å². The lowest BCUT2D eigenvalue weighted by molar-refractivity contribution is 0.701. The lowest BCUT2D eigenvalue weighted by Gasteiger charge is -2.06. The predicted octanol–water partition coefficient (Wildman–Crippen LogP) is 3.74. The van der Waals surface area contributed by atoms with Crippen LogP contribution in [0.4, 0.5) is 0 Å². The molecule has 3 aromatic rings. The van der Waals surface area contributed by atoms with Crippen LogP contribution in [-0.2, 0) is 32.3 Å². The maximum Gasteiger partial charge on any atom is 0.159 e. The van der Waals surface area contributed by atoms with Gasteiger partial charge in [0.25, 0.3) is 0 Å². The third-order valence-electron chi connectivity index (χ3n) is 3.70. The summed E-state index contributed by atoms with van der Waals surface area (Å²) in [5.74, 6) is 1.34. The second-order valence-corrected chi connectivity index (χ2v) is 6.59. The Balaban J connectivity index is 2.09. The molecule has 0 spiro atoms. The summed E-state index contributed by atoms with van der Waals surface area (Å²) in [6, 6.07) is 4.40. The van der Waals surface area contributed by atoms with Crippen LogP contribution in [0.2, 0.25) is 0 Å². The van der Waals surface area contributed by atoms with Crippen molar-refractivity contribution in [2.75, 3.05) is 0 Å². The van der Waals surface area contributed by atoms with Gasteiger partial charge in [-0.3, -0.25) is 4.68 Å². The predicted molar refractivity (Wildman–Crippen MR) is 88.2 cm³/mol. The Morgan fingerprint density at radius 1 is 1.19 bits per heavy atom. The van der Waals surface area contributed by atoms with E-state index in [1.807, 2.05) is 23.1 Å². The second kappa shape index (κ2) is 5.81. The number of nitrogens with zero attached hydrogens (tertiary/aromatic N) is 4. The molecule has 0 aliphatic carbocycles. The minimum atomic E-state index is 0.420. The van der Waals surface area contributed by atoms with Gasteiger partial charge in [-0.2, -0.15) is 5.10 Å². The summed E-state index contributed by atoms with van der Waals surface area (Å²) < 4.78 is 4.12. The summed E-state index contributed by atoms with van der Waals surface area (Å²) in [5.41, 5.74) is 3.09. The number of rotatable bonds is 5. The monoisotopic (exact) mass is 322 g/mol. The Bertz CT molecular complexity index is 768. The standard InChI is InChI=1S/C15H19ClN4S/c1-4-10-6-7-11(21-10)9-20-13(8-16)17-14-12(5-2)18-19(3)15(14)20/h6-7H,4-5,8-9H2,1-3H3. The van der Waals surface area contributed by atoms with E-state index in [4.69, 9.17) is 16.6 Å². The number of hydrogen-bond acceptors (Lipinski definition) is 3. The van der Waals surface area contributed by atoms with E-state index in [9.17, 15) is 0 Å². The number of halogens is 1. The molecule has 0 aliphatic rings. The van der Waals surface area contributed by atoms with Crippen molar-refractivity contribution in [1.29, 1.82) is 0 Å². The van der Waals surface area contributed by atoms with Gasteiger partial charge >= 0.3 is 0 Å². The van der Waals surface area contributed by atoms with Crippen molar-refractivity contribution in [2.24, 2.45) is 7.05 Å². The van der Waals surface area contributed by atoms with E-state index < -0.39 is 0 Å². The molecule has 0 fully saturated rings. The normalized spacial score (nSPS) is 11.6. The summed E-state index contributed by atoms with van der Waals surface area (Å²) in [6.07, 6.45) is 1.97. The van der Waals surface area contributed by atoms with Gasteiger partial charge < -0.3 is 4.57 Å². The van der Waals surface area contributed by atoms with Gasteiger partial charge in [-0.05, 0) is 25.0 Å². The van der Waals surface area contributed by atoms with Crippen molar-refractivity contribution in [2.45, 2.75) is 39.1 Å². The van der Waals surface area contributed by atoms with E-state index in [1.54, 1.807) is 0 Å². The number of aromatic nitrogens is 4. The van der Waals surface area contributed by atoms with Crippen LogP contribution in [0.15, 0.2) is 12.1 Å². The summed E-state index contributed by atoms with van der Waals surface area (Å²) in [5, 5.41) is 4.56. The van der Waals surface area contributed by atoms with Crippen molar-refractivity contribution < 1.29 is 0 Å². The summed E-state index contributed by atoms with van der Waals surface area (Å²) >= 11 is 7.95. The van der Waals surface area contributed by atoms with Crippen LogP contribution in [0.5, 0.6) is 0 Å². The molecule has 0 unspecified atom stereocenters. The number of alkyl halides is 1. The van der Waals surface area contributed by atoms with Gasteiger partial charge in [-0.25, -0.2) is 4.98 Å². The van der Waals surface area contributed by atoms with E-state index in [0.717, 1.165) is 42.1 Å². The molecule has 4 nitrogen and oxygen atoms in total. The van der Waals surface area contributed by atoms with Crippen LogP contribution in [0.1, 0.15) is 35.1 Å². The maximum absolute atomic E-state index is 6.10. The van der Waals surface area contributed by atoms with Gasteiger partial charge in [0.2, 0.25) is 0 Å². The van der Waals surface area contributed by atoms with Gasteiger partial charge in [0.05, 0.1) is 18.1 Å². The average molecular weight is 323 g/mol. The molecule has 0 radical (unpaired) electrons. The van der Waals surface area contributed by atoms with Crippen molar-refractivity contribution in [3.63, 3.8) is 0 Å². The minimum Gasteiger partial charge on any atom is -0.307 e. The zero-order valence-corrected chi connectivity index (χ0v) is 14.1. The first-order chi connectivity index (χ1) is 10.2. The first-order valence-electron chi connectivity index (χ1n) is 7.22. The molecular weight excluding hydrogens is 304 g/mol. The Hall–Kier alpha value is -1.33. The number of fused-ring (bicyclic) bond motifs is 1. The molecule has 3 aromatic heterocycles. The molecule has 0 aromatic carbocycles. The fourth-order valence-electron chi connectivity index (χ4n) is 2.65. The van der Waals surface area contributed by atoms with Crippen LogP contribution in [0, 0.1) is 0 Å². The molecule has 6 heteroatoms. The summed E-state index contributed by atoms with van der Waals surface area (Å²) in [7, 11) is 1.98. The smallest absolute Gasteiger partial charge is 0.159 e. The van der Waals surface area contributed by atoms with Crippen LogP contribution in [-0.4, -0.2) is 19.3 Å². The maximum atomic E-state index is 6.10. The van der Waals surface area contributed by atoms with Crippen LogP contribution in [0.25, 0.3) is 11.2 Å². The fourth-order valence-corrected chi connectivity index (χ4v) is 3.80. The lowest BCUT2D eigenvalue weighted by Crippen LogP contribution is -2.06. The van der Waals surface area contributed by atoms with E-state index in [1.165, 1.54) is 9.75 Å². The number of hydrogen-bond donors (Lipinski definition) is 0. The van der Waals surface area contributed by atoms with E-state index in [-0.39, 0.29) is 0 Å². The molecule has 3 rings (SSSR count). The van der Waals surface area contributed by atoms with Crippen LogP contribution < -0.4 is 0 Å². The van der Waals surface area contributed by atoms with Crippen molar-refractivity contribution in [3.8, 4) is 0 Å². The van der Waals surface area contributed by atoms with E-state index in [0.29, 0.717) is 5.88 Å². The number of aryl methyl sites for hydroxylation is 3. The molecule has 21 heavy (non-hydrogen) atoms. The second-order valence-electron chi connectivity index (χ2n) is 5.07. The van der Waals surface area contributed by atoms with Gasteiger partial charge in [-0.15, -0.1) is 22.9 Å². The highest BCUT2D eigenvalue weighted by Crippen LogP contribution is 2.25. The van der Waals surface area contributed by atoms with Crippen LogP contribution in [0.3, 0.4) is 0 Å². The Kier molecular flexibility index (Phi) is 4.04. The largest absolute Gasteiger partial charge is 0.307 e. The van der Waals surface area contributed by atoms with Crippen molar-refractivity contribution in [1.82, 2.24) is 19.3 Å². The molecule has 0 N–H and O–H groups in total. The third kappa shape index (κ3) is 2.49. The highest BCUT2D eigenvalue weighted by Gasteiger charge is 2.18. The molecular formula is C15H19ClN4S. The Morgan fingerprint density at radius 3 is 2.57 bits per heavy atom. The number of imidazole rings is 1. The van der Waals surface area contributed by atoms with Crippen LogP contribution >= 0.6 is 22.9 Å². The Morgan fingerprint density at radius 2 is 1.95 bits per heavy atom. The zero-order chi connectivity index (χ0) is 15.0. The zero-order valence-electron chi connectivity index (χ0n) is 12.6. The first-order valence-corrected chi connectivity index (χ1v) is 8.57. The Labute approximate surface area is 133 Å². The first kappa shape index (κ1) is 14.6. The summed E-state index contributed by atoms with van der Waals surface area (Å²) in [6.45, 7) is 5.10. The van der Waals surface area contributed by atoms with Crippen molar-refractivity contribution >= 4 is 34.1 Å². The molecule has 0 bridgehead atoms. The van der Waals surface area contributed by atoms with Gasteiger partial charge in [0.1, 0.15) is 11.3 Å². The third-order valence-corrected chi connectivity index (χ3v) is 5.16. The molecule has 3 heterocycles. The molecule has 112 valence electrons. The highest BCUT2D eigenvalue weighted by atomic mass is 35.5. The fraction of sp³-hybridized carbons (Fsp3) is 0.467. The highest BCUT2D eigenvalue weighted by molar-refractivity contribution is 7.11. The average Bonchev–Trinajstić information content (AvgIpc) is 3.16. The molecule has 0 atom stereocenters. The molecule has 0 saturated heterocycles. The summed E-state index contributed by atoms with van der Waals surface area (Å²) in [4.78, 5) is 7.44. The van der Waals surface area contributed by atoms with Gasteiger partial charge in [0, 0.05) is 16.8 Å².